The maximum Gasteiger partial charge on any atom is 0.230 e. The third kappa shape index (κ3) is 3.97. The van der Waals surface area contributed by atoms with E-state index in [4.69, 9.17) is 0 Å². The Bertz CT molecular complexity index is 915. The number of para-hydroxylation sites is 1. The molecule has 0 bridgehead atoms. The molecule has 29 heavy (non-hydrogen) atoms. The smallest absolute Gasteiger partial charge is 0.230 e. The van der Waals surface area contributed by atoms with Crippen LogP contribution >= 0.6 is 0 Å². The Balaban J connectivity index is 1.43. The van der Waals surface area contributed by atoms with E-state index < -0.39 is 5.41 Å². The molecule has 1 N–H and O–H groups in total. The van der Waals surface area contributed by atoms with Gasteiger partial charge in [0, 0.05) is 31.7 Å². The van der Waals surface area contributed by atoms with Crippen molar-refractivity contribution in [2.45, 2.75) is 32.2 Å². The zero-order chi connectivity index (χ0) is 20.4. The molecule has 0 aromatic heterocycles. The van der Waals surface area contributed by atoms with Crippen LogP contribution in [-0.4, -0.2) is 46.4 Å². The second-order valence-corrected chi connectivity index (χ2v) is 8.11. The molecule has 2 heterocycles. The SMILES string of the molecule is O=C(Cc1ccccc1O)N1CC[C@@]2(CCCN(Cc3ccc(F)cc3)C2=O)C1. The standard InChI is InChI=1S/C23H25FN2O3/c24-19-8-6-17(7-9-19)15-25-12-3-10-23(22(25)29)11-13-26(16-23)21(28)14-18-4-1-2-5-20(18)27/h1-2,4-9,27H,3,10-16H2/t23-/m0/s1. The van der Waals surface area contributed by atoms with Gasteiger partial charge in [-0.3, -0.25) is 9.59 Å². The fraction of sp³-hybridized carbons (Fsp3) is 0.391. The molecule has 2 amide bonds. The zero-order valence-corrected chi connectivity index (χ0v) is 16.3. The number of rotatable bonds is 4. The van der Waals surface area contributed by atoms with E-state index in [1.165, 1.54) is 12.1 Å². The van der Waals surface area contributed by atoms with Crippen LogP contribution in [-0.2, 0) is 22.6 Å². The van der Waals surface area contributed by atoms with Gasteiger partial charge in [0.25, 0.3) is 0 Å². The van der Waals surface area contributed by atoms with Crippen LogP contribution < -0.4 is 0 Å². The maximum atomic E-state index is 13.3. The van der Waals surface area contributed by atoms with Gasteiger partial charge >= 0.3 is 0 Å². The second-order valence-electron chi connectivity index (χ2n) is 8.11. The predicted octanol–water partition coefficient (Wildman–Crippen LogP) is 3.12. The minimum absolute atomic E-state index is 0.0631. The number of hydrogen-bond acceptors (Lipinski definition) is 3. The highest BCUT2D eigenvalue weighted by Gasteiger charge is 2.49. The molecule has 1 atom stereocenters. The highest BCUT2D eigenvalue weighted by atomic mass is 19.1. The third-order valence-electron chi connectivity index (χ3n) is 6.15. The van der Waals surface area contributed by atoms with Gasteiger partial charge in [-0.25, -0.2) is 4.39 Å². The van der Waals surface area contributed by atoms with Gasteiger partial charge < -0.3 is 14.9 Å². The molecule has 152 valence electrons. The van der Waals surface area contributed by atoms with Gasteiger partial charge in [-0.2, -0.15) is 0 Å². The van der Waals surface area contributed by atoms with Gasteiger partial charge in [-0.05, 0) is 43.0 Å². The fourth-order valence-electron chi connectivity index (χ4n) is 4.51. The number of hydrogen-bond donors (Lipinski definition) is 1. The number of nitrogens with zero attached hydrogens (tertiary/aromatic N) is 2. The Labute approximate surface area is 169 Å². The number of aromatic hydroxyl groups is 1. The molecule has 5 nitrogen and oxygen atoms in total. The van der Waals surface area contributed by atoms with Crippen molar-refractivity contribution in [2.24, 2.45) is 5.41 Å². The van der Waals surface area contributed by atoms with Crippen LogP contribution in [0, 0.1) is 11.2 Å². The van der Waals surface area contributed by atoms with Crippen molar-refractivity contribution >= 4 is 11.8 Å². The Morgan fingerprint density at radius 2 is 1.83 bits per heavy atom. The highest BCUT2D eigenvalue weighted by molar-refractivity contribution is 5.86. The number of carbonyl (C=O) groups excluding carboxylic acids is 2. The molecule has 2 fully saturated rings. The fourth-order valence-corrected chi connectivity index (χ4v) is 4.51. The van der Waals surface area contributed by atoms with Crippen molar-refractivity contribution < 1.29 is 19.1 Å². The summed E-state index contributed by atoms with van der Waals surface area (Å²) in [5, 5.41) is 9.92. The van der Waals surface area contributed by atoms with Crippen LogP contribution in [0.3, 0.4) is 0 Å². The topological polar surface area (TPSA) is 60.9 Å². The first-order valence-electron chi connectivity index (χ1n) is 10.1. The lowest BCUT2D eigenvalue weighted by Gasteiger charge is -2.39. The summed E-state index contributed by atoms with van der Waals surface area (Å²) in [6.45, 7) is 2.14. The minimum Gasteiger partial charge on any atom is -0.508 e. The van der Waals surface area contributed by atoms with Crippen molar-refractivity contribution in [2.75, 3.05) is 19.6 Å². The Morgan fingerprint density at radius 1 is 1.07 bits per heavy atom. The Hall–Kier alpha value is -2.89. The number of amides is 2. The van der Waals surface area contributed by atoms with Crippen LogP contribution in [0.25, 0.3) is 0 Å². The predicted molar refractivity (Wildman–Crippen MR) is 106 cm³/mol. The van der Waals surface area contributed by atoms with E-state index in [0.29, 0.717) is 38.2 Å². The van der Waals surface area contributed by atoms with Crippen LogP contribution in [0.15, 0.2) is 48.5 Å². The molecule has 1 spiro atoms. The van der Waals surface area contributed by atoms with Crippen LogP contribution in [0.4, 0.5) is 4.39 Å². The van der Waals surface area contributed by atoms with E-state index in [1.807, 2.05) is 4.90 Å². The molecule has 0 aliphatic carbocycles. The first-order valence-corrected chi connectivity index (χ1v) is 10.1. The van der Waals surface area contributed by atoms with E-state index in [0.717, 1.165) is 18.4 Å². The lowest BCUT2D eigenvalue weighted by molar-refractivity contribution is -0.146. The van der Waals surface area contributed by atoms with Gasteiger partial charge in [0.15, 0.2) is 0 Å². The van der Waals surface area contributed by atoms with Crippen LogP contribution in [0.5, 0.6) is 5.75 Å². The van der Waals surface area contributed by atoms with E-state index in [1.54, 1.807) is 41.3 Å². The van der Waals surface area contributed by atoms with Gasteiger partial charge in [0.05, 0.1) is 11.8 Å². The number of benzene rings is 2. The molecule has 2 aliphatic rings. The van der Waals surface area contributed by atoms with Crippen molar-refractivity contribution in [1.82, 2.24) is 9.80 Å². The summed E-state index contributed by atoms with van der Waals surface area (Å²) in [5.41, 5.74) is 0.987. The van der Waals surface area contributed by atoms with E-state index in [2.05, 4.69) is 0 Å². The number of carbonyl (C=O) groups is 2. The van der Waals surface area contributed by atoms with Crippen molar-refractivity contribution in [3.05, 3.63) is 65.5 Å². The number of piperidine rings is 1. The molecule has 6 heteroatoms. The second kappa shape index (κ2) is 7.85. The Morgan fingerprint density at radius 3 is 2.59 bits per heavy atom. The number of halogens is 1. The minimum atomic E-state index is -0.521. The Kier molecular flexibility index (Phi) is 5.26. The molecule has 0 radical (unpaired) electrons. The van der Waals surface area contributed by atoms with Crippen molar-refractivity contribution in [3.63, 3.8) is 0 Å². The van der Waals surface area contributed by atoms with E-state index in [9.17, 15) is 19.1 Å². The van der Waals surface area contributed by atoms with Crippen LogP contribution in [0.1, 0.15) is 30.4 Å². The summed E-state index contributed by atoms with van der Waals surface area (Å²) in [6.07, 6.45) is 2.48. The lowest BCUT2D eigenvalue weighted by Crippen LogP contribution is -2.50. The average molecular weight is 396 g/mol. The molecular formula is C23H25FN2O3. The first kappa shape index (κ1) is 19.4. The van der Waals surface area contributed by atoms with Crippen LogP contribution in [0.2, 0.25) is 0 Å². The number of phenolic OH excluding ortho intramolecular Hbond substituents is 1. The molecule has 4 rings (SSSR count). The largest absolute Gasteiger partial charge is 0.508 e. The summed E-state index contributed by atoms with van der Waals surface area (Å²) in [5.74, 6) is -0.142. The van der Waals surface area contributed by atoms with Crippen molar-refractivity contribution in [3.8, 4) is 5.75 Å². The summed E-state index contributed by atoms with van der Waals surface area (Å²) < 4.78 is 13.1. The lowest BCUT2D eigenvalue weighted by atomic mass is 9.78. The van der Waals surface area contributed by atoms with E-state index >= 15 is 0 Å². The van der Waals surface area contributed by atoms with Gasteiger partial charge in [0.1, 0.15) is 11.6 Å². The highest BCUT2D eigenvalue weighted by Crippen LogP contribution is 2.40. The maximum absolute atomic E-state index is 13.3. The molecule has 0 unspecified atom stereocenters. The number of likely N-dealkylation sites (tertiary alicyclic amines) is 2. The first-order chi connectivity index (χ1) is 14.0. The molecule has 2 aliphatic heterocycles. The van der Waals surface area contributed by atoms with Gasteiger partial charge in [-0.1, -0.05) is 30.3 Å². The molecule has 2 aromatic rings. The van der Waals surface area contributed by atoms with Gasteiger partial charge in [-0.15, -0.1) is 0 Å². The third-order valence-corrected chi connectivity index (χ3v) is 6.15. The molecule has 2 aromatic carbocycles. The molecule has 2 saturated heterocycles. The zero-order valence-electron chi connectivity index (χ0n) is 16.3. The molecule has 0 saturated carbocycles. The van der Waals surface area contributed by atoms with Crippen molar-refractivity contribution in [1.29, 1.82) is 0 Å². The summed E-state index contributed by atoms with van der Waals surface area (Å²) in [7, 11) is 0. The summed E-state index contributed by atoms with van der Waals surface area (Å²) in [4.78, 5) is 29.6. The normalized spacial score (nSPS) is 21.8. The summed E-state index contributed by atoms with van der Waals surface area (Å²) in [6, 6.07) is 13.1. The number of phenols is 1. The molecular weight excluding hydrogens is 371 g/mol. The quantitative estimate of drug-likeness (QED) is 0.864. The van der Waals surface area contributed by atoms with Gasteiger partial charge in [0.2, 0.25) is 11.8 Å². The summed E-state index contributed by atoms with van der Waals surface area (Å²) >= 11 is 0. The monoisotopic (exact) mass is 396 g/mol. The van der Waals surface area contributed by atoms with E-state index in [-0.39, 0.29) is 29.8 Å². The average Bonchev–Trinajstić information content (AvgIpc) is 3.14.